The van der Waals surface area contributed by atoms with Crippen LogP contribution < -0.4 is 11.5 Å². The molecule has 1 atom stereocenters. The number of ether oxygens (including phenoxy) is 2. The maximum Gasteiger partial charge on any atom is 0.490 e. The number of rotatable bonds is 11. The summed E-state index contributed by atoms with van der Waals surface area (Å²) in [5.74, 6) is -2.37. The van der Waals surface area contributed by atoms with Gasteiger partial charge in [0.25, 0.3) is 0 Å². The SMILES string of the molecule is CC(=O)SCCC(=O)C(N)COCCOCCN.O=C(O)C(F)(F)F. The van der Waals surface area contributed by atoms with Crippen LogP contribution in [-0.2, 0) is 23.9 Å². The average Bonchev–Trinajstić information content (AvgIpc) is 2.49. The van der Waals surface area contributed by atoms with Crippen molar-refractivity contribution in [3.63, 3.8) is 0 Å². The van der Waals surface area contributed by atoms with Crippen LogP contribution in [0.5, 0.6) is 0 Å². The van der Waals surface area contributed by atoms with Crippen LogP contribution in [0.15, 0.2) is 0 Å². The third kappa shape index (κ3) is 19.0. The summed E-state index contributed by atoms with van der Waals surface area (Å²) in [7, 11) is 0. The highest BCUT2D eigenvalue weighted by atomic mass is 32.2. The Kier molecular flexibility index (Phi) is 15.7. The molecule has 0 aliphatic carbocycles. The van der Waals surface area contributed by atoms with E-state index in [1.807, 2.05) is 0 Å². The average molecular weight is 392 g/mol. The van der Waals surface area contributed by atoms with E-state index in [9.17, 15) is 22.8 Å². The summed E-state index contributed by atoms with van der Waals surface area (Å²) in [4.78, 5) is 31.1. The number of hydrogen-bond donors (Lipinski definition) is 3. The van der Waals surface area contributed by atoms with Gasteiger partial charge in [-0.2, -0.15) is 13.2 Å². The minimum atomic E-state index is -5.08. The van der Waals surface area contributed by atoms with E-state index in [0.717, 1.165) is 11.8 Å². The fourth-order valence-electron chi connectivity index (χ4n) is 1.09. The molecule has 0 aromatic rings. The number of aliphatic carboxylic acids is 1. The first kappa shape index (κ1) is 26.0. The van der Waals surface area contributed by atoms with Gasteiger partial charge in [-0.05, 0) is 0 Å². The molecule has 25 heavy (non-hydrogen) atoms. The third-order valence-electron chi connectivity index (χ3n) is 2.24. The van der Waals surface area contributed by atoms with E-state index in [1.165, 1.54) is 6.92 Å². The summed E-state index contributed by atoms with van der Waals surface area (Å²) in [6.07, 6.45) is -4.79. The minimum absolute atomic E-state index is 0.00433. The highest BCUT2D eigenvalue weighted by molar-refractivity contribution is 8.13. The van der Waals surface area contributed by atoms with E-state index in [2.05, 4.69) is 0 Å². The zero-order valence-electron chi connectivity index (χ0n) is 13.7. The highest BCUT2D eigenvalue weighted by Crippen LogP contribution is 2.13. The molecule has 0 amide bonds. The van der Waals surface area contributed by atoms with Gasteiger partial charge in [-0.3, -0.25) is 9.59 Å². The largest absolute Gasteiger partial charge is 0.490 e. The molecule has 0 radical (unpaired) electrons. The number of carbonyl (C=O) groups is 3. The van der Waals surface area contributed by atoms with E-state index in [4.69, 9.17) is 30.8 Å². The molecule has 0 heterocycles. The second-order valence-electron chi connectivity index (χ2n) is 4.44. The number of carbonyl (C=O) groups excluding carboxylic acids is 2. The molecule has 0 fully saturated rings. The quantitative estimate of drug-likeness (QED) is 0.420. The predicted molar refractivity (Wildman–Crippen MR) is 85.1 cm³/mol. The van der Waals surface area contributed by atoms with Gasteiger partial charge in [-0.1, -0.05) is 11.8 Å². The molecule has 0 spiro atoms. The van der Waals surface area contributed by atoms with Gasteiger partial charge in [0, 0.05) is 25.6 Å². The third-order valence-corrected chi connectivity index (χ3v) is 3.06. The first-order valence-electron chi connectivity index (χ1n) is 7.09. The fraction of sp³-hybridized carbons (Fsp3) is 0.769. The van der Waals surface area contributed by atoms with Crippen molar-refractivity contribution in [2.24, 2.45) is 11.5 Å². The Morgan fingerprint density at radius 1 is 1.16 bits per heavy atom. The number of hydrogen-bond acceptors (Lipinski definition) is 8. The van der Waals surface area contributed by atoms with Crippen molar-refractivity contribution >= 4 is 28.6 Å². The highest BCUT2D eigenvalue weighted by Gasteiger charge is 2.38. The van der Waals surface area contributed by atoms with Crippen molar-refractivity contribution in [3.8, 4) is 0 Å². The molecular formula is C13H23F3N2O6S. The van der Waals surface area contributed by atoms with Crippen LogP contribution in [0.2, 0.25) is 0 Å². The van der Waals surface area contributed by atoms with Gasteiger partial charge in [0.2, 0.25) is 0 Å². The maximum absolute atomic E-state index is 11.5. The Morgan fingerprint density at radius 3 is 2.12 bits per heavy atom. The molecule has 0 aliphatic heterocycles. The van der Waals surface area contributed by atoms with Gasteiger partial charge in [0.1, 0.15) is 0 Å². The van der Waals surface area contributed by atoms with Crippen LogP contribution in [0, 0.1) is 0 Å². The Hall–Kier alpha value is -1.21. The van der Waals surface area contributed by atoms with Crippen LogP contribution in [-0.4, -0.2) is 72.9 Å². The summed E-state index contributed by atoms with van der Waals surface area (Å²) < 4.78 is 42.0. The smallest absolute Gasteiger partial charge is 0.475 e. The molecule has 1 unspecified atom stereocenters. The zero-order chi connectivity index (χ0) is 19.9. The van der Waals surface area contributed by atoms with Crippen molar-refractivity contribution in [1.82, 2.24) is 0 Å². The van der Waals surface area contributed by atoms with Gasteiger partial charge in [0.05, 0.1) is 32.5 Å². The molecule has 8 nitrogen and oxygen atoms in total. The van der Waals surface area contributed by atoms with Crippen molar-refractivity contribution in [2.45, 2.75) is 25.6 Å². The number of halogens is 3. The second-order valence-corrected chi connectivity index (χ2v) is 5.71. The predicted octanol–water partition coefficient (Wildman–Crippen LogP) is 0.178. The lowest BCUT2D eigenvalue weighted by Gasteiger charge is -2.11. The number of alkyl halides is 3. The number of Topliss-reactive ketones (excluding diaryl/α,β-unsaturated/α-hetero) is 1. The summed E-state index contributed by atoms with van der Waals surface area (Å²) in [5, 5.41) is 7.13. The standard InChI is InChI=1S/C11H22N2O4S.C2HF3O2/c1-9(14)18-7-2-11(15)10(13)8-17-6-5-16-4-3-12;3-2(4,5)1(6)7/h10H,2-8,12-13H2,1H3;(H,6,7). The number of thioether (sulfide) groups is 1. The van der Waals surface area contributed by atoms with Crippen molar-refractivity contribution in [3.05, 3.63) is 0 Å². The molecular weight excluding hydrogens is 369 g/mol. The number of nitrogens with two attached hydrogens (primary N) is 2. The van der Waals surface area contributed by atoms with Gasteiger partial charge in [-0.25, -0.2) is 4.79 Å². The van der Waals surface area contributed by atoms with Gasteiger partial charge in [-0.15, -0.1) is 0 Å². The molecule has 0 saturated carbocycles. The molecule has 12 heteroatoms. The summed E-state index contributed by atoms with van der Waals surface area (Å²) in [6.45, 7) is 3.46. The lowest BCUT2D eigenvalue weighted by Crippen LogP contribution is -2.36. The number of carboxylic acids is 1. The van der Waals surface area contributed by atoms with Crippen molar-refractivity contribution < 1.29 is 42.1 Å². The Morgan fingerprint density at radius 2 is 1.68 bits per heavy atom. The molecule has 0 aromatic heterocycles. The molecule has 148 valence electrons. The lowest BCUT2D eigenvalue weighted by molar-refractivity contribution is -0.192. The first-order chi connectivity index (χ1) is 11.5. The Bertz CT molecular complexity index is 410. The summed E-state index contributed by atoms with van der Waals surface area (Å²) in [5.41, 5.74) is 10.9. The van der Waals surface area contributed by atoms with Gasteiger partial charge < -0.3 is 26.0 Å². The zero-order valence-corrected chi connectivity index (χ0v) is 14.5. The molecule has 0 bridgehead atoms. The molecule has 0 rings (SSSR count). The van der Waals surface area contributed by atoms with Crippen LogP contribution in [0.25, 0.3) is 0 Å². The van der Waals surface area contributed by atoms with Crippen LogP contribution in [0.3, 0.4) is 0 Å². The normalized spacial score (nSPS) is 12.1. The fourth-order valence-corrected chi connectivity index (χ4v) is 1.68. The molecule has 0 saturated heterocycles. The lowest BCUT2D eigenvalue weighted by atomic mass is 10.2. The summed E-state index contributed by atoms with van der Waals surface area (Å²) >= 11 is 1.13. The van der Waals surface area contributed by atoms with Gasteiger partial charge >= 0.3 is 12.1 Å². The van der Waals surface area contributed by atoms with Crippen molar-refractivity contribution in [2.75, 3.05) is 38.7 Å². The van der Waals surface area contributed by atoms with E-state index >= 15 is 0 Å². The number of carboxylic acid groups (broad SMARTS) is 1. The van der Waals surface area contributed by atoms with Crippen LogP contribution in [0.4, 0.5) is 13.2 Å². The minimum Gasteiger partial charge on any atom is -0.475 e. The van der Waals surface area contributed by atoms with E-state index in [1.54, 1.807) is 0 Å². The molecule has 0 aliphatic rings. The molecule has 0 aromatic carbocycles. The monoisotopic (exact) mass is 392 g/mol. The van der Waals surface area contributed by atoms with Crippen LogP contribution in [0.1, 0.15) is 13.3 Å². The summed E-state index contributed by atoms with van der Waals surface area (Å²) in [6, 6.07) is -0.632. The Balaban J connectivity index is 0. The second kappa shape index (κ2) is 15.1. The van der Waals surface area contributed by atoms with Gasteiger partial charge in [0.15, 0.2) is 10.9 Å². The van der Waals surface area contributed by atoms with Crippen molar-refractivity contribution in [1.29, 1.82) is 0 Å². The topological polar surface area (TPSA) is 142 Å². The molecule has 5 N–H and O–H groups in total. The number of ketones is 1. The Labute approximate surface area is 147 Å². The van der Waals surface area contributed by atoms with E-state index in [-0.39, 0.29) is 17.5 Å². The maximum atomic E-state index is 11.5. The van der Waals surface area contributed by atoms with E-state index < -0.39 is 18.2 Å². The first-order valence-corrected chi connectivity index (χ1v) is 8.08. The van der Waals surface area contributed by atoms with E-state index in [0.29, 0.717) is 38.5 Å². The van der Waals surface area contributed by atoms with Crippen LogP contribution >= 0.6 is 11.8 Å².